The molecule has 0 spiro atoms. The van der Waals surface area contributed by atoms with Gasteiger partial charge in [0.05, 0.1) is 28.8 Å². The van der Waals surface area contributed by atoms with E-state index < -0.39 is 11.8 Å². The molecule has 2 aromatic heterocycles. The number of piperidine rings is 1. The summed E-state index contributed by atoms with van der Waals surface area (Å²) in [6.07, 6.45) is 4.71. The Morgan fingerprint density at radius 2 is 1.93 bits per heavy atom. The Balaban J connectivity index is 0.000000741. The van der Waals surface area contributed by atoms with Crippen molar-refractivity contribution in [1.82, 2.24) is 19.9 Å². The zero-order valence-corrected chi connectivity index (χ0v) is 22.6. The highest BCUT2D eigenvalue weighted by atomic mass is 35.5. The molecular weight excluding hydrogens is 539 g/mol. The molecule has 2 aliphatic rings. The molecule has 0 atom stereocenters. The summed E-state index contributed by atoms with van der Waals surface area (Å²) < 4.78 is 30.4. The summed E-state index contributed by atoms with van der Waals surface area (Å²) in [5, 5.41) is 9.48. The Bertz CT molecular complexity index is 1450. The molecule has 6 rings (SSSR count). The van der Waals surface area contributed by atoms with E-state index in [1.165, 1.54) is 18.6 Å². The van der Waals surface area contributed by atoms with E-state index in [0.717, 1.165) is 56.0 Å². The molecule has 0 amide bonds. The van der Waals surface area contributed by atoms with E-state index in [0.29, 0.717) is 23.0 Å². The van der Waals surface area contributed by atoms with Gasteiger partial charge in [0.1, 0.15) is 24.3 Å². The summed E-state index contributed by atoms with van der Waals surface area (Å²) >= 11 is 5.78. The molecule has 0 saturated carbocycles. The van der Waals surface area contributed by atoms with Crippen molar-refractivity contribution in [3.05, 3.63) is 82.6 Å². The van der Waals surface area contributed by atoms with Crippen molar-refractivity contribution in [2.75, 3.05) is 26.3 Å². The zero-order chi connectivity index (χ0) is 27.9. The molecule has 0 radical (unpaired) electrons. The summed E-state index contributed by atoms with van der Waals surface area (Å²) in [6, 6.07) is 12.8. The normalized spacial score (nSPS) is 15.7. The summed E-state index contributed by atoms with van der Waals surface area (Å²) in [6.45, 7) is 4.46. The molecule has 0 aliphatic carbocycles. The Morgan fingerprint density at radius 1 is 1.15 bits per heavy atom. The Hall–Kier alpha value is -3.73. The van der Waals surface area contributed by atoms with Crippen molar-refractivity contribution in [2.24, 2.45) is 0 Å². The third-order valence-corrected chi connectivity index (χ3v) is 6.86. The third-order valence-electron chi connectivity index (χ3n) is 6.62. The highest BCUT2D eigenvalue weighted by Gasteiger charge is 2.22. The van der Waals surface area contributed by atoms with E-state index >= 15 is 0 Å². The van der Waals surface area contributed by atoms with Gasteiger partial charge < -0.3 is 24.3 Å². The zero-order valence-electron chi connectivity index (χ0n) is 21.8. The van der Waals surface area contributed by atoms with Gasteiger partial charge in [-0.3, -0.25) is 9.88 Å². The van der Waals surface area contributed by atoms with E-state index in [-0.39, 0.29) is 24.0 Å². The molecular formula is C29H30ClFN4O5. The predicted octanol–water partition coefficient (Wildman–Crippen LogP) is 5.48. The van der Waals surface area contributed by atoms with Crippen LogP contribution in [0.25, 0.3) is 11.0 Å². The number of likely N-dealkylation sites (tertiary alicyclic amines) is 1. The van der Waals surface area contributed by atoms with Crippen LogP contribution in [0.2, 0.25) is 5.02 Å². The first kappa shape index (κ1) is 27.8. The van der Waals surface area contributed by atoms with Crippen LogP contribution < -0.4 is 9.47 Å². The fourth-order valence-electron chi connectivity index (χ4n) is 4.36. The third kappa shape index (κ3) is 7.47. The maximum absolute atomic E-state index is 13.9. The summed E-state index contributed by atoms with van der Waals surface area (Å²) in [4.78, 5) is 25.6. The lowest BCUT2D eigenvalue weighted by molar-refractivity contribution is 0.0367. The Labute approximate surface area is 235 Å². The lowest BCUT2D eigenvalue weighted by Gasteiger charge is -2.31. The van der Waals surface area contributed by atoms with Crippen LogP contribution in [-0.4, -0.2) is 63.3 Å². The standard InChI is InChI=1S/C26H24ClFN4O4.C3H6O/c27-17-2-4-24(21(28)12-17)35-15-18-13-20(5-8-29-18)36-19-6-9-32(10-7-19)14-25-30-22-3-1-16(26(33)34)11-23(22)31-25;1-2-4-3-1/h1-5,8,11-13,19H,6-7,9-10,14-15H2,(H,30,31)(H,33,34);1-3H2. The average molecular weight is 569 g/mol. The first-order valence-electron chi connectivity index (χ1n) is 13.1. The number of aromatic carboxylic acids is 1. The minimum absolute atomic E-state index is 0.0694. The van der Waals surface area contributed by atoms with Crippen molar-refractivity contribution in [1.29, 1.82) is 0 Å². The number of rotatable bonds is 8. The fraction of sp³-hybridized carbons (Fsp3) is 0.345. The van der Waals surface area contributed by atoms with Crippen LogP contribution in [0.1, 0.15) is 41.1 Å². The Morgan fingerprint density at radius 3 is 2.62 bits per heavy atom. The monoisotopic (exact) mass is 568 g/mol. The number of ether oxygens (including phenoxy) is 3. The second-order valence-electron chi connectivity index (χ2n) is 9.63. The number of aromatic nitrogens is 3. The fourth-order valence-corrected chi connectivity index (χ4v) is 4.52. The van der Waals surface area contributed by atoms with Crippen LogP contribution in [0, 0.1) is 5.82 Å². The molecule has 4 heterocycles. The summed E-state index contributed by atoms with van der Waals surface area (Å²) in [7, 11) is 0. The van der Waals surface area contributed by atoms with E-state index in [2.05, 4.69) is 19.9 Å². The van der Waals surface area contributed by atoms with E-state index in [4.69, 9.17) is 30.9 Å². The van der Waals surface area contributed by atoms with Crippen LogP contribution in [0.3, 0.4) is 0 Å². The quantitative estimate of drug-likeness (QED) is 0.288. The summed E-state index contributed by atoms with van der Waals surface area (Å²) in [5.74, 6) is 0.147. The maximum Gasteiger partial charge on any atom is 0.335 e. The number of carboxylic acids is 1. The molecule has 40 heavy (non-hydrogen) atoms. The van der Waals surface area contributed by atoms with Gasteiger partial charge in [-0.1, -0.05) is 11.6 Å². The Kier molecular flexibility index (Phi) is 9.10. The van der Waals surface area contributed by atoms with Gasteiger partial charge in [-0.2, -0.15) is 0 Å². The van der Waals surface area contributed by atoms with E-state index in [1.54, 1.807) is 42.6 Å². The smallest absolute Gasteiger partial charge is 0.335 e. The van der Waals surface area contributed by atoms with Gasteiger partial charge in [-0.15, -0.1) is 0 Å². The molecule has 4 aromatic rings. The van der Waals surface area contributed by atoms with Crippen molar-refractivity contribution in [3.63, 3.8) is 0 Å². The lowest BCUT2D eigenvalue weighted by atomic mass is 10.1. The topological polar surface area (TPSA) is 110 Å². The first-order valence-corrected chi connectivity index (χ1v) is 13.5. The average Bonchev–Trinajstić information content (AvgIpc) is 3.30. The number of imidazole rings is 1. The molecule has 2 saturated heterocycles. The SMILES string of the molecule is C1COC1.O=C(O)c1ccc2nc(CN3CCC(Oc4ccnc(COc5ccc(Cl)cc5F)c4)CC3)[nH]c2c1. The lowest BCUT2D eigenvalue weighted by Crippen LogP contribution is -2.38. The molecule has 2 aromatic carbocycles. The number of aromatic amines is 1. The van der Waals surface area contributed by atoms with Gasteiger partial charge in [0.15, 0.2) is 11.6 Å². The number of carboxylic acid groups (broad SMARTS) is 1. The van der Waals surface area contributed by atoms with E-state index in [1.807, 2.05) is 0 Å². The van der Waals surface area contributed by atoms with Crippen molar-refractivity contribution in [3.8, 4) is 11.5 Å². The highest BCUT2D eigenvalue weighted by molar-refractivity contribution is 6.30. The molecule has 0 bridgehead atoms. The number of halogens is 2. The molecule has 11 heteroatoms. The van der Waals surface area contributed by atoms with E-state index in [9.17, 15) is 9.18 Å². The molecule has 210 valence electrons. The number of pyridine rings is 1. The van der Waals surface area contributed by atoms with Crippen molar-refractivity contribution in [2.45, 2.75) is 38.5 Å². The second kappa shape index (κ2) is 13.1. The number of benzene rings is 2. The minimum atomic E-state index is -0.959. The van der Waals surface area contributed by atoms with Gasteiger partial charge in [-0.05, 0) is 61.7 Å². The number of nitrogens with zero attached hydrogens (tertiary/aromatic N) is 3. The minimum Gasteiger partial charge on any atom is -0.490 e. The number of fused-ring (bicyclic) bond motifs is 1. The van der Waals surface area contributed by atoms with Gasteiger partial charge in [0, 0.05) is 43.6 Å². The van der Waals surface area contributed by atoms with Gasteiger partial charge >= 0.3 is 5.97 Å². The van der Waals surface area contributed by atoms with Crippen LogP contribution in [0.15, 0.2) is 54.7 Å². The van der Waals surface area contributed by atoms with Crippen LogP contribution in [0.4, 0.5) is 4.39 Å². The largest absolute Gasteiger partial charge is 0.490 e. The molecule has 2 fully saturated rings. The van der Waals surface area contributed by atoms with Crippen LogP contribution in [0.5, 0.6) is 11.5 Å². The molecule has 9 nitrogen and oxygen atoms in total. The van der Waals surface area contributed by atoms with Gasteiger partial charge in [0.2, 0.25) is 0 Å². The van der Waals surface area contributed by atoms with Crippen molar-refractivity contribution < 1.29 is 28.5 Å². The summed E-state index contributed by atoms with van der Waals surface area (Å²) in [5.41, 5.74) is 2.35. The highest BCUT2D eigenvalue weighted by Crippen LogP contribution is 2.24. The molecule has 2 N–H and O–H groups in total. The number of hydrogen-bond donors (Lipinski definition) is 2. The number of carbonyl (C=O) groups is 1. The van der Waals surface area contributed by atoms with Crippen LogP contribution in [-0.2, 0) is 17.9 Å². The molecule has 0 unspecified atom stereocenters. The number of nitrogens with one attached hydrogen (secondary N) is 1. The number of H-pyrrole nitrogens is 1. The second-order valence-corrected chi connectivity index (χ2v) is 10.1. The van der Waals surface area contributed by atoms with Gasteiger partial charge in [0.25, 0.3) is 0 Å². The predicted molar refractivity (Wildman–Crippen MR) is 147 cm³/mol. The maximum atomic E-state index is 13.9. The molecule has 2 aliphatic heterocycles. The number of hydrogen-bond acceptors (Lipinski definition) is 7. The first-order chi connectivity index (χ1) is 19.4. The van der Waals surface area contributed by atoms with Gasteiger partial charge in [-0.25, -0.2) is 14.2 Å². The van der Waals surface area contributed by atoms with Crippen molar-refractivity contribution >= 4 is 28.6 Å². The van der Waals surface area contributed by atoms with Crippen LogP contribution >= 0.6 is 11.6 Å².